The van der Waals surface area contributed by atoms with Crippen molar-refractivity contribution < 1.29 is 0 Å². The molecule has 0 aromatic heterocycles. The third-order valence-corrected chi connectivity index (χ3v) is 5.32. The third-order valence-electron chi connectivity index (χ3n) is 5.32. The molecule has 0 saturated heterocycles. The lowest BCUT2D eigenvalue weighted by Crippen LogP contribution is -2.44. The first-order valence-electron chi connectivity index (χ1n) is 8.02. The Morgan fingerprint density at radius 2 is 1.95 bits per heavy atom. The number of hydrogen-bond acceptors (Lipinski definition) is 4. The van der Waals surface area contributed by atoms with Gasteiger partial charge >= 0.3 is 0 Å². The number of hydrogen-bond donors (Lipinski definition) is 1. The third kappa shape index (κ3) is 2.18. The van der Waals surface area contributed by atoms with Crippen molar-refractivity contribution in [1.29, 1.82) is 15.8 Å². The maximum absolute atomic E-state index is 9.72. The summed E-state index contributed by atoms with van der Waals surface area (Å²) < 4.78 is 0. The molecule has 4 nitrogen and oxygen atoms in total. The van der Waals surface area contributed by atoms with E-state index in [0.717, 1.165) is 37.7 Å². The van der Waals surface area contributed by atoms with Gasteiger partial charge in [-0.15, -0.1) is 0 Å². The van der Waals surface area contributed by atoms with Crippen molar-refractivity contribution in [3.8, 4) is 18.2 Å². The summed E-state index contributed by atoms with van der Waals surface area (Å²) in [6.07, 6.45) is 6.76. The molecule has 0 radical (unpaired) electrons. The highest BCUT2D eigenvalue weighted by Gasteiger charge is 2.53. The Morgan fingerprint density at radius 3 is 2.45 bits per heavy atom. The molecule has 22 heavy (non-hydrogen) atoms. The van der Waals surface area contributed by atoms with E-state index in [-0.39, 0.29) is 17.5 Å². The summed E-state index contributed by atoms with van der Waals surface area (Å²) >= 11 is 0. The monoisotopic (exact) mass is 294 g/mol. The molecule has 114 valence electrons. The number of fused-ring (bicyclic) bond motifs is 1. The second-order valence-corrected chi connectivity index (χ2v) is 6.34. The smallest absolute Gasteiger partial charge is 0.187 e. The van der Waals surface area contributed by atoms with Gasteiger partial charge < -0.3 is 5.73 Å². The van der Waals surface area contributed by atoms with Gasteiger partial charge in [0.15, 0.2) is 5.41 Å². The number of nitriles is 3. The first kappa shape index (κ1) is 16.1. The molecule has 4 heteroatoms. The van der Waals surface area contributed by atoms with Crippen molar-refractivity contribution >= 4 is 0 Å². The Bertz CT molecular complexity index is 621. The van der Waals surface area contributed by atoms with E-state index in [1.165, 1.54) is 0 Å². The lowest BCUT2D eigenvalue weighted by atomic mass is 9.56. The molecular formula is C18H22N4. The van der Waals surface area contributed by atoms with Crippen molar-refractivity contribution in [3.05, 3.63) is 22.9 Å². The van der Waals surface area contributed by atoms with Crippen LogP contribution in [0.15, 0.2) is 22.9 Å². The van der Waals surface area contributed by atoms with Gasteiger partial charge in [-0.2, -0.15) is 15.8 Å². The average Bonchev–Trinajstić information content (AvgIpc) is 2.56. The number of nitrogens with two attached hydrogens (primary N) is 1. The molecule has 0 saturated carbocycles. The van der Waals surface area contributed by atoms with Crippen molar-refractivity contribution in [3.63, 3.8) is 0 Å². The zero-order valence-electron chi connectivity index (χ0n) is 13.3. The maximum Gasteiger partial charge on any atom is 0.187 e. The molecule has 0 bridgehead atoms. The van der Waals surface area contributed by atoms with Crippen LogP contribution in [-0.4, -0.2) is 0 Å². The minimum Gasteiger partial charge on any atom is -0.399 e. The standard InChI is InChI=1S/C18H22N4/c1-3-5-16-14-8-12(4-2)6-7-13(14)15(9-19)17(22)18(16,10-20)11-21/h7,12,14,16H,3-6,8,22H2,1-2H3/t12-,14-,16-/m1/s1. The largest absolute Gasteiger partial charge is 0.399 e. The van der Waals surface area contributed by atoms with E-state index in [1.807, 2.05) is 0 Å². The van der Waals surface area contributed by atoms with Crippen molar-refractivity contribution in [2.24, 2.45) is 28.9 Å². The average molecular weight is 294 g/mol. The molecule has 3 atom stereocenters. The second kappa shape index (κ2) is 6.25. The zero-order valence-corrected chi connectivity index (χ0v) is 13.3. The Balaban J connectivity index is 2.67. The fourth-order valence-corrected chi connectivity index (χ4v) is 4.05. The molecule has 0 aliphatic heterocycles. The summed E-state index contributed by atoms with van der Waals surface area (Å²) in [6, 6.07) is 6.48. The topological polar surface area (TPSA) is 97.4 Å². The number of rotatable bonds is 3. The highest BCUT2D eigenvalue weighted by Crippen LogP contribution is 2.53. The van der Waals surface area contributed by atoms with Crippen LogP contribution >= 0.6 is 0 Å². The Morgan fingerprint density at radius 1 is 1.27 bits per heavy atom. The fourth-order valence-electron chi connectivity index (χ4n) is 4.05. The van der Waals surface area contributed by atoms with Crippen LogP contribution in [-0.2, 0) is 0 Å². The van der Waals surface area contributed by atoms with Crippen LogP contribution in [0.4, 0.5) is 0 Å². The zero-order chi connectivity index (χ0) is 16.3. The number of nitrogens with zero attached hydrogens (tertiary/aromatic N) is 3. The van der Waals surface area contributed by atoms with Gasteiger partial charge in [0.2, 0.25) is 0 Å². The molecule has 0 spiro atoms. The predicted molar refractivity (Wildman–Crippen MR) is 83.5 cm³/mol. The van der Waals surface area contributed by atoms with E-state index in [1.54, 1.807) is 0 Å². The maximum atomic E-state index is 9.72. The van der Waals surface area contributed by atoms with E-state index in [9.17, 15) is 15.8 Å². The van der Waals surface area contributed by atoms with Crippen molar-refractivity contribution in [2.45, 2.75) is 46.0 Å². The molecule has 2 rings (SSSR count). The van der Waals surface area contributed by atoms with E-state index < -0.39 is 5.41 Å². The molecule has 0 heterocycles. The van der Waals surface area contributed by atoms with Crippen LogP contribution in [0.3, 0.4) is 0 Å². The van der Waals surface area contributed by atoms with Crippen LogP contribution in [0.5, 0.6) is 0 Å². The van der Waals surface area contributed by atoms with E-state index in [2.05, 4.69) is 38.1 Å². The van der Waals surface area contributed by atoms with Crippen molar-refractivity contribution in [2.75, 3.05) is 0 Å². The van der Waals surface area contributed by atoms with E-state index in [4.69, 9.17) is 5.73 Å². The summed E-state index contributed by atoms with van der Waals surface area (Å²) in [4.78, 5) is 0. The minimum atomic E-state index is -1.36. The van der Waals surface area contributed by atoms with Crippen LogP contribution in [0.25, 0.3) is 0 Å². The normalized spacial score (nSPS) is 29.6. The van der Waals surface area contributed by atoms with E-state index in [0.29, 0.717) is 11.5 Å². The summed E-state index contributed by atoms with van der Waals surface area (Å²) in [7, 11) is 0. The Hall–Kier alpha value is -2.25. The highest BCUT2D eigenvalue weighted by atomic mass is 14.7. The minimum absolute atomic E-state index is 0.0971. The first-order chi connectivity index (χ1) is 10.6. The van der Waals surface area contributed by atoms with Gasteiger partial charge in [-0.05, 0) is 36.7 Å². The van der Waals surface area contributed by atoms with Crippen LogP contribution < -0.4 is 5.73 Å². The van der Waals surface area contributed by atoms with Crippen LogP contribution in [0.1, 0.15) is 46.0 Å². The lowest BCUT2D eigenvalue weighted by molar-refractivity contribution is 0.193. The molecule has 0 fully saturated rings. The first-order valence-corrected chi connectivity index (χ1v) is 8.02. The van der Waals surface area contributed by atoms with Crippen molar-refractivity contribution in [1.82, 2.24) is 0 Å². The summed E-state index contributed by atoms with van der Waals surface area (Å²) in [5.41, 5.74) is 6.30. The lowest BCUT2D eigenvalue weighted by Gasteiger charge is -2.44. The Labute approximate surface area is 132 Å². The highest BCUT2D eigenvalue weighted by molar-refractivity contribution is 5.56. The molecular weight excluding hydrogens is 272 g/mol. The Kier molecular flexibility index (Phi) is 4.58. The molecule has 0 aromatic rings. The van der Waals surface area contributed by atoms with Gasteiger partial charge in [-0.3, -0.25) is 0 Å². The van der Waals surface area contributed by atoms with Gasteiger partial charge in [-0.25, -0.2) is 0 Å². The molecule has 2 N–H and O–H groups in total. The van der Waals surface area contributed by atoms with Gasteiger partial charge in [-0.1, -0.05) is 32.8 Å². The van der Waals surface area contributed by atoms with Gasteiger partial charge in [0.1, 0.15) is 6.07 Å². The number of allylic oxidation sites excluding steroid dienone is 4. The summed E-state index contributed by atoms with van der Waals surface area (Å²) in [6.45, 7) is 4.22. The molecule has 0 unspecified atom stereocenters. The van der Waals surface area contributed by atoms with Gasteiger partial charge in [0.25, 0.3) is 0 Å². The summed E-state index contributed by atoms with van der Waals surface area (Å²) in [5.74, 6) is 0.535. The van der Waals surface area contributed by atoms with Gasteiger partial charge in [0.05, 0.1) is 23.4 Å². The molecule has 0 amide bonds. The predicted octanol–water partition coefficient (Wildman–Crippen LogP) is 3.55. The second-order valence-electron chi connectivity index (χ2n) is 6.34. The fraction of sp³-hybridized carbons (Fsp3) is 0.611. The van der Waals surface area contributed by atoms with Crippen LogP contribution in [0, 0.1) is 57.2 Å². The van der Waals surface area contributed by atoms with Crippen LogP contribution in [0.2, 0.25) is 0 Å². The van der Waals surface area contributed by atoms with Gasteiger partial charge in [0, 0.05) is 5.92 Å². The quantitative estimate of drug-likeness (QED) is 0.860. The molecule has 2 aliphatic rings. The molecule has 2 aliphatic carbocycles. The van der Waals surface area contributed by atoms with E-state index >= 15 is 0 Å². The molecule has 0 aromatic carbocycles. The summed E-state index contributed by atoms with van der Waals surface area (Å²) in [5, 5.41) is 29.0. The SMILES string of the molecule is CCC[C@@H]1[C@@H]2C[C@H](CC)CC=C2C(C#N)=C(N)C1(C#N)C#N.